The maximum Gasteiger partial charge on any atom is 0.263 e. The highest BCUT2D eigenvalue weighted by molar-refractivity contribution is 7.21. The average Bonchev–Trinajstić information content (AvgIpc) is 2.91. The number of hydrogen-bond acceptors (Lipinski definition) is 5. The molecule has 2 heterocycles. The fourth-order valence-electron chi connectivity index (χ4n) is 2.57. The summed E-state index contributed by atoms with van der Waals surface area (Å²) in [5, 5.41) is 3.72. The Morgan fingerprint density at radius 2 is 1.88 bits per heavy atom. The van der Waals surface area contributed by atoms with E-state index in [2.05, 4.69) is 10.3 Å². The van der Waals surface area contributed by atoms with E-state index >= 15 is 0 Å². The second kappa shape index (κ2) is 7.03. The Hall–Kier alpha value is -2.73. The summed E-state index contributed by atoms with van der Waals surface area (Å²) in [6.45, 7) is 3.95. The normalized spacial score (nSPS) is 10.8. The summed E-state index contributed by atoms with van der Waals surface area (Å²) >= 11 is 1.31. The van der Waals surface area contributed by atoms with Gasteiger partial charge in [-0.15, -0.1) is 11.3 Å². The van der Waals surface area contributed by atoms with Crippen molar-refractivity contribution in [3.8, 4) is 0 Å². The van der Waals surface area contributed by atoms with E-state index in [-0.39, 0.29) is 11.7 Å². The SMILES string of the molecule is CC(=O)c1ccc(CCNC(=O)c2sc3nc(C)ccc3c2N)cc1. The minimum atomic E-state index is -0.182. The second-order valence-corrected chi connectivity index (χ2v) is 6.91. The minimum Gasteiger partial charge on any atom is -0.397 e. The molecule has 0 saturated heterocycles. The molecule has 128 valence electrons. The van der Waals surface area contributed by atoms with Gasteiger partial charge in [-0.05, 0) is 38.0 Å². The lowest BCUT2D eigenvalue weighted by molar-refractivity contribution is 0.0958. The molecule has 0 aliphatic rings. The van der Waals surface area contributed by atoms with Gasteiger partial charge in [0.2, 0.25) is 0 Å². The van der Waals surface area contributed by atoms with E-state index < -0.39 is 0 Å². The van der Waals surface area contributed by atoms with Gasteiger partial charge >= 0.3 is 0 Å². The number of thiophene rings is 1. The van der Waals surface area contributed by atoms with Crippen LogP contribution in [-0.2, 0) is 6.42 Å². The molecule has 3 N–H and O–H groups in total. The number of benzene rings is 1. The number of nitrogen functional groups attached to an aromatic ring is 1. The Morgan fingerprint density at radius 3 is 2.56 bits per heavy atom. The number of nitrogens with two attached hydrogens (primary N) is 1. The maximum atomic E-state index is 12.4. The van der Waals surface area contributed by atoms with Gasteiger partial charge in [0.05, 0.1) is 5.69 Å². The van der Waals surface area contributed by atoms with Crippen LogP contribution in [0.5, 0.6) is 0 Å². The smallest absolute Gasteiger partial charge is 0.263 e. The van der Waals surface area contributed by atoms with Crippen LogP contribution < -0.4 is 11.1 Å². The Morgan fingerprint density at radius 1 is 1.16 bits per heavy atom. The summed E-state index contributed by atoms with van der Waals surface area (Å²) in [6, 6.07) is 11.2. The van der Waals surface area contributed by atoms with E-state index in [1.807, 2.05) is 31.2 Å². The molecule has 0 atom stereocenters. The molecule has 0 spiro atoms. The highest BCUT2D eigenvalue weighted by Crippen LogP contribution is 2.32. The number of amides is 1. The number of hydrogen-bond donors (Lipinski definition) is 2. The third kappa shape index (κ3) is 3.69. The standard InChI is InChI=1S/C19H19N3O2S/c1-11-3-8-15-16(20)17(25-19(15)22-11)18(24)21-10-9-13-4-6-14(7-5-13)12(2)23/h3-8H,9-10,20H2,1-2H3,(H,21,24). The van der Waals surface area contributed by atoms with E-state index in [1.165, 1.54) is 11.3 Å². The quantitative estimate of drug-likeness (QED) is 0.689. The number of Topliss-reactive ketones (excluding diaryl/α,β-unsaturated/α-hetero) is 1. The van der Waals surface area contributed by atoms with Gasteiger partial charge in [-0.2, -0.15) is 0 Å². The van der Waals surface area contributed by atoms with E-state index in [0.29, 0.717) is 29.1 Å². The van der Waals surface area contributed by atoms with Crippen LogP contribution in [0.4, 0.5) is 5.69 Å². The fraction of sp³-hybridized carbons (Fsp3) is 0.211. The van der Waals surface area contributed by atoms with E-state index in [4.69, 9.17) is 5.73 Å². The first-order valence-electron chi connectivity index (χ1n) is 7.99. The van der Waals surface area contributed by atoms with E-state index in [9.17, 15) is 9.59 Å². The molecule has 2 aromatic heterocycles. The Bertz CT molecular complexity index is 945. The molecule has 1 amide bonds. The number of aryl methyl sites for hydroxylation is 1. The highest BCUT2D eigenvalue weighted by atomic mass is 32.1. The molecule has 5 nitrogen and oxygen atoms in total. The summed E-state index contributed by atoms with van der Waals surface area (Å²) in [4.78, 5) is 29.4. The van der Waals surface area contributed by atoms with Crippen molar-refractivity contribution < 1.29 is 9.59 Å². The van der Waals surface area contributed by atoms with Crippen molar-refractivity contribution in [1.82, 2.24) is 10.3 Å². The van der Waals surface area contributed by atoms with Gasteiger partial charge in [0.1, 0.15) is 9.71 Å². The van der Waals surface area contributed by atoms with Gasteiger partial charge in [0.25, 0.3) is 5.91 Å². The molecular formula is C19H19N3O2S. The molecule has 0 unspecified atom stereocenters. The van der Waals surface area contributed by atoms with Crippen molar-refractivity contribution in [2.24, 2.45) is 0 Å². The van der Waals surface area contributed by atoms with Crippen LogP contribution in [0.2, 0.25) is 0 Å². The summed E-state index contributed by atoms with van der Waals surface area (Å²) < 4.78 is 0. The van der Waals surface area contributed by atoms with Gasteiger partial charge in [0.15, 0.2) is 5.78 Å². The number of pyridine rings is 1. The van der Waals surface area contributed by atoms with E-state index in [0.717, 1.165) is 21.5 Å². The molecular weight excluding hydrogens is 334 g/mol. The number of rotatable bonds is 5. The summed E-state index contributed by atoms with van der Waals surface area (Å²) in [5.74, 6) is -0.137. The number of nitrogens with zero attached hydrogens (tertiary/aromatic N) is 1. The van der Waals surface area contributed by atoms with Crippen molar-refractivity contribution >= 4 is 38.9 Å². The third-order valence-corrected chi connectivity index (χ3v) is 5.11. The van der Waals surface area contributed by atoms with Crippen LogP contribution in [-0.4, -0.2) is 23.2 Å². The number of anilines is 1. The van der Waals surface area contributed by atoms with Crippen LogP contribution in [0.15, 0.2) is 36.4 Å². The van der Waals surface area contributed by atoms with Gasteiger partial charge in [0, 0.05) is 23.2 Å². The molecule has 0 saturated carbocycles. The van der Waals surface area contributed by atoms with Crippen LogP contribution in [0.3, 0.4) is 0 Å². The number of aromatic nitrogens is 1. The monoisotopic (exact) mass is 353 g/mol. The van der Waals surface area contributed by atoms with Crippen LogP contribution in [0.1, 0.15) is 38.2 Å². The summed E-state index contributed by atoms with van der Waals surface area (Å²) in [5.41, 5.74) is 9.23. The zero-order valence-corrected chi connectivity index (χ0v) is 14.9. The molecule has 3 aromatic rings. The van der Waals surface area contributed by atoms with Gasteiger partial charge in [-0.1, -0.05) is 24.3 Å². The first-order valence-corrected chi connectivity index (χ1v) is 8.81. The largest absolute Gasteiger partial charge is 0.397 e. The summed E-state index contributed by atoms with van der Waals surface area (Å²) in [7, 11) is 0. The van der Waals surface area contributed by atoms with Crippen LogP contribution in [0, 0.1) is 6.92 Å². The van der Waals surface area contributed by atoms with Crippen molar-refractivity contribution in [1.29, 1.82) is 0 Å². The lowest BCUT2D eigenvalue weighted by Crippen LogP contribution is -2.25. The zero-order valence-electron chi connectivity index (χ0n) is 14.1. The van der Waals surface area contributed by atoms with Crippen LogP contribution in [0.25, 0.3) is 10.2 Å². The van der Waals surface area contributed by atoms with Crippen molar-refractivity contribution in [2.45, 2.75) is 20.3 Å². The van der Waals surface area contributed by atoms with Crippen LogP contribution >= 0.6 is 11.3 Å². The Kier molecular flexibility index (Phi) is 4.81. The molecule has 0 aliphatic carbocycles. The summed E-state index contributed by atoms with van der Waals surface area (Å²) in [6.07, 6.45) is 0.687. The van der Waals surface area contributed by atoms with E-state index in [1.54, 1.807) is 19.1 Å². The third-order valence-electron chi connectivity index (χ3n) is 4.00. The highest BCUT2D eigenvalue weighted by Gasteiger charge is 2.16. The minimum absolute atomic E-state index is 0.0453. The van der Waals surface area contributed by atoms with Crippen molar-refractivity contribution in [2.75, 3.05) is 12.3 Å². The molecule has 3 rings (SSSR count). The number of ketones is 1. The average molecular weight is 353 g/mol. The molecule has 0 bridgehead atoms. The first-order chi connectivity index (χ1) is 12.0. The molecule has 0 aliphatic heterocycles. The Labute approximate surface area is 149 Å². The maximum absolute atomic E-state index is 12.4. The molecule has 1 aromatic carbocycles. The Balaban J connectivity index is 1.64. The van der Waals surface area contributed by atoms with Gasteiger partial charge in [-0.25, -0.2) is 4.98 Å². The first kappa shape index (κ1) is 17.1. The van der Waals surface area contributed by atoms with Gasteiger partial charge < -0.3 is 11.1 Å². The van der Waals surface area contributed by atoms with Crippen molar-refractivity contribution in [3.05, 3.63) is 58.1 Å². The predicted octanol–water partition coefficient (Wildman–Crippen LogP) is 3.36. The molecule has 0 fully saturated rings. The number of fused-ring (bicyclic) bond motifs is 1. The lowest BCUT2D eigenvalue weighted by Gasteiger charge is -2.05. The zero-order chi connectivity index (χ0) is 18.0. The molecule has 6 heteroatoms. The number of carbonyl (C=O) groups excluding carboxylic acids is 2. The fourth-order valence-corrected chi connectivity index (χ4v) is 3.62. The molecule has 0 radical (unpaired) electrons. The lowest BCUT2D eigenvalue weighted by atomic mass is 10.1. The predicted molar refractivity (Wildman–Crippen MR) is 101 cm³/mol. The topological polar surface area (TPSA) is 85.1 Å². The van der Waals surface area contributed by atoms with Gasteiger partial charge in [-0.3, -0.25) is 9.59 Å². The number of carbonyl (C=O) groups is 2. The number of nitrogens with one attached hydrogen (secondary N) is 1. The van der Waals surface area contributed by atoms with Crippen molar-refractivity contribution in [3.63, 3.8) is 0 Å². The second-order valence-electron chi connectivity index (χ2n) is 5.91. The molecule has 25 heavy (non-hydrogen) atoms.